The molecular formula is C10H10N4. The van der Waals surface area contributed by atoms with Gasteiger partial charge in [0.25, 0.3) is 0 Å². The Morgan fingerprint density at radius 2 is 1.86 bits per heavy atom. The molecule has 0 amide bonds. The lowest BCUT2D eigenvalue weighted by Crippen LogP contribution is -1.96. The van der Waals surface area contributed by atoms with Crippen molar-refractivity contribution in [1.29, 1.82) is 0 Å². The zero-order valence-corrected chi connectivity index (χ0v) is 7.59. The Kier molecular flexibility index (Phi) is 2.36. The lowest BCUT2D eigenvalue weighted by Gasteiger charge is -1.99. The van der Waals surface area contributed by atoms with Crippen LogP contribution in [-0.4, -0.2) is 15.0 Å². The van der Waals surface area contributed by atoms with Gasteiger partial charge in [-0.2, -0.15) is 0 Å². The van der Waals surface area contributed by atoms with E-state index in [1.165, 1.54) is 5.56 Å². The van der Waals surface area contributed by atoms with Crippen LogP contribution >= 0.6 is 0 Å². The molecule has 2 heterocycles. The molecule has 2 rings (SSSR count). The van der Waals surface area contributed by atoms with E-state index in [9.17, 15) is 0 Å². The third-order valence-electron chi connectivity index (χ3n) is 1.86. The summed E-state index contributed by atoms with van der Waals surface area (Å²) in [5.41, 5.74) is 7.51. The van der Waals surface area contributed by atoms with Crippen molar-refractivity contribution in [3.8, 4) is 0 Å². The number of hydrogen-bond acceptors (Lipinski definition) is 4. The normalized spacial score (nSPS) is 10.0. The summed E-state index contributed by atoms with van der Waals surface area (Å²) in [6.45, 7) is 0. The Hall–Kier alpha value is -1.97. The minimum Gasteiger partial charge on any atom is -0.382 e. The van der Waals surface area contributed by atoms with Gasteiger partial charge in [-0.25, -0.2) is 4.98 Å². The van der Waals surface area contributed by atoms with Gasteiger partial charge in [-0.05, 0) is 17.7 Å². The number of anilines is 1. The molecule has 70 valence electrons. The summed E-state index contributed by atoms with van der Waals surface area (Å²) in [6.07, 6.45) is 7.54. The van der Waals surface area contributed by atoms with Crippen molar-refractivity contribution in [2.75, 3.05) is 5.73 Å². The van der Waals surface area contributed by atoms with Gasteiger partial charge < -0.3 is 5.73 Å². The molecule has 4 heteroatoms. The fraction of sp³-hybridized carbons (Fsp3) is 0.100. The maximum absolute atomic E-state index is 5.44. The van der Waals surface area contributed by atoms with E-state index in [4.69, 9.17) is 5.73 Å². The first-order valence-corrected chi connectivity index (χ1v) is 4.30. The van der Waals surface area contributed by atoms with Crippen LogP contribution in [0.15, 0.2) is 36.9 Å². The third kappa shape index (κ3) is 2.04. The van der Waals surface area contributed by atoms with Crippen LogP contribution in [0.1, 0.15) is 11.3 Å². The molecule has 2 aromatic heterocycles. The second-order valence-corrected chi connectivity index (χ2v) is 2.96. The van der Waals surface area contributed by atoms with Crippen LogP contribution in [0.4, 0.5) is 5.82 Å². The highest BCUT2D eigenvalue weighted by molar-refractivity contribution is 5.25. The van der Waals surface area contributed by atoms with Gasteiger partial charge in [0.2, 0.25) is 0 Å². The summed E-state index contributed by atoms with van der Waals surface area (Å²) < 4.78 is 0. The van der Waals surface area contributed by atoms with Crippen molar-refractivity contribution in [2.24, 2.45) is 0 Å². The van der Waals surface area contributed by atoms with Crippen LogP contribution in [-0.2, 0) is 6.42 Å². The summed E-state index contributed by atoms with van der Waals surface area (Å²) in [5.74, 6) is 0.448. The van der Waals surface area contributed by atoms with Crippen molar-refractivity contribution in [1.82, 2.24) is 15.0 Å². The minimum absolute atomic E-state index is 0.448. The highest BCUT2D eigenvalue weighted by Gasteiger charge is 1.97. The van der Waals surface area contributed by atoms with Crippen LogP contribution in [0.5, 0.6) is 0 Å². The van der Waals surface area contributed by atoms with Gasteiger partial charge in [-0.15, -0.1) is 0 Å². The number of nitrogens with two attached hydrogens (primary N) is 1. The molecule has 2 aromatic rings. The maximum atomic E-state index is 5.44. The molecule has 2 N–H and O–H groups in total. The van der Waals surface area contributed by atoms with Crippen molar-refractivity contribution in [3.05, 3.63) is 48.2 Å². The van der Waals surface area contributed by atoms with Crippen molar-refractivity contribution >= 4 is 5.82 Å². The van der Waals surface area contributed by atoms with E-state index >= 15 is 0 Å². The monoisotopic (exact) mass is 186 g/mol. The molecule has 0 bridgehead atoms. The first-order chi connectivity index (χ1) is 6.84. The van der Waals surface area contributed by atoms with Crippen LogP contribution in [0.25, 0.3) is 0 Å². The van der Waals surface area contributed by atoms with E-state index in [2.05, 4.69) is 15.0 Å². The Labute approximate surface area is 81.9 Å². The van der Waals surface area contributed by atoms with E-state index in [0.29, 0.717) is 5.82 Å². The van der Waals surface area contributed by atoms with Crippen molar-refractivity contribution in [2.45, 2.75) is 6.42 Å². The molecule has 0 atom stereocenters. The summed E-state index contributed by atoms with van der Waals surface area (Å²) in [7, 11) is 0. The number of pyridine rings is 1. The average molecular weight is 186 g/mol. The van der Waals surface area contributed by atoms with E-state index < -0.39 is 0 Å². The zero-order valence-electron chi connectivity index (χ0n) is 7.59. The number of rotatable bonds is 2. The number of nitrogen functional groups attached to an aromatic ring is 1. The van der Waals surface area contributed by atoms with Gasteiger partial charge in [-0.1, -0.05) is 0 Å². The van der Waals surface area contributed by atoms with Gasteiger partial charge in [-0.3, -0.25) is 9.97 Å². The Bertz CT molecular complexity index is 396. The number of aromatic nitrogens is 3. The molecule has 0 saturated carbocycles. The fourth-order valence-electron chi connectivity index (χ4n) is 1.17. The largest absolute Gasteiger partial charge is 0.382 e. The Balaban J connectivity index is 2.16. The molecule has 0 fully saturated rings. The van der Waals surface area contributed by atoms with E-state index in [-0.39, 0.29) is 0 Å². The van der Waals surface area contributed by atoms with Crippen LogP contribution in [0, 0.1) is 0 Å². The standard InChI is InChI=1S/C10H10N4/c11-10-7-13-9(6-14-10)5-8-1-3-12-4-2-8/h1-4,6-7H,5H2,(H2,11,14). The molecule has 0 aliphatic rings. The first kappa shape index (κ1) is 8.62. The van der Waals surface area contributed by atoms with Gasteiger partial charge in [0.1, 0.15) is 5.82 Å². The molecule has 0 saturated heterocycles. The average Bonchev–Trinajstić information content (AvgIpc) is 2.23. The summed E-state index contributed by atoms with van der Waals surface area (Å²) >= 11 is 0. The molecule has 14 heavy (non-hydrogen) atoms. The van der Waals surface area contributed by atoms with E-state index in [1.54, 1.807) is 24.8 Å². The quantitative estimate of drug-likeness (QED) is 0.761. The smallest absolute Gasteiger partial charge is 0.141 e. The SMILES string of the molecule is Nc1cnc(Cc2ccncc2)cn1. The Morgan fingerprint density at radius 3 is 2.50 bits per heavy atom. The summed E-state index contributed by atoms with van der Waals surface area (Å²) in [4.78, 5) is 12.1. The third-order valence-corrected chi connectivity index (χ3v) is 1.86. The highest BCUT2D eigenvalue weighted by atomic mass is 14.9. The second-order valence-electron chi connectivity index (χ2n) is 2.96. The molecular weight excluding hydrogens is 176 g/mol. The second kappa shape index (κ2) is 3.83. The predicted molar refractivity (Wildman–Crippen MR) is 53.5 cm³/mol. The van der Waals surface area contributed by atoms with Crippen LogP contribution in [0.2, 0.25) is 0 Å². The summed E-state index contributed by atoms with van der Waals surface area (Å²) in [5, 5.41) is 0. The van der Waals surface area contributed by atoms with Crippen molar-refractivity contribution < 1.29 is 0 Å². The number of nitrogens with zero attached hydrogens (tertiary/aromatic N) is 3. The van der Waals surface area contributed by atoms with Crippen LogP contribution < -0.4 is 5.73 Å². The predicted octanol–water partition coefficient (Wildman–Crippen LogP) is 1.04. The molecule has 0 radical (unpaired) electrons. The zero-order chi connectivity index (χ0) is 9.80. The van der Waals surface area contributed by atoms with E-state index in [0.717, 1.165) is 12.1 Å². The highest BCUT2D eigenvalue weighted by Crippen LogP contribution is 2.05. The van der Waals surface area contributed by atoms with Gasteiger partial charge in [0.05, 0.1) is 18.1 Å². The summed E-state index contributed by atoms with van der Waals surface area (Å²) in [6, 6.07) is 3.91. The van der Waals surface area contributed by atoms with Crippen LogP contribution in [0.3, 0.4) is 0 Å². The van der Waals surface area contributed by atoms with Gasteiger partial charge in [0.15, 0.2) is 0 Å². The number of hydrogen-bond donors (Lipinski definition) is 1. The lowest BCUT2D eigenvalue weighted by molar-refractivity contribution is 1.03. The molecule has 0 aromatic carbocycles. The first-order valence-electron chi connectivity index (χ1n) is 4.30. The Morgan fingerprint density at radius 1 is 1.07 bits per heavy atom. The van der Waals surface area contributed by atoms with E-state index in [1.807, 2.05) is 12.1 Å². The lowest BCUT2D eigenvalue weighted by atomic mass is 10.1. The molecule has 0 spiro atoms. The molecule has 0 aliphatic heterocycles. The maximum Gasteiger partial charge on any atom is 0.141 e. The van der Waals surface area contributed by atoms with Crippen molar-refractivity contribution in [3.63, 3.8) is 0 Å². The molecule has 0 aliphatic carbocycles. The fourth-order valence-corrected chi connectivity index (χ4v) is 1.17. The van der Waals surface area contributed by atoms with Gasteiger partial charge in [0, 0.05) is 18.8 Å². The minimum atomic E-state index is 0.448. The molecule has 4 nitrogen and oxygen atoms in total. The molecule has 0 unspecified atom stereocenters. The van der Waals surface area contributed by atoms with Gasteiger partial charge >= 0.3 is 0 Å². The topological polar surface area (TPSA) is 64.7 Å².